The fraction of sp³-hybridized carbons (Fsp3) is 0.455. The van der Waals surface area contributed by atoms with Crippen molar-refractivity contribution >= 4 is 23.2 Å². The molecule has 4 heterocycles. The largest absolute Gasteiger partial charge is 0.396 e. The van der Waals surface area contributed by atoms with E-state index in [1.165, 1.54) is 0 Å². The van der Waals surface area contributed by atoms with Crippen LogP contribution in [0, 0.1) is 11.9 Å². The van der Waals surface area contributed by atoms with Crippen LogP contribution in [0.25, 0.3) is 0 Å². The molecule has 2 saturated heterocycles. The van der Waals surface area contributed by atoms with Crippen LogP contribution in [0.15, 0.2) is 30.6 Å². The molecule has 2 amide bonds. The second kappa shape index (κ2) is 10.0. The van der Waals surface area contributed by atoms with Crippen molar-refractivity contribution in [3.8, 4) is 0 Å². The maximum absolute atomic E-state index is 13.8. The first kappa shape index (κ1) is 22.1. The number of piperidine rings is 1. The maximum Gasteiger partial charge on any atom is 0.274 e. The molecule has 2 N–H and O–H groups in total. The number of carbonyl (C=O) groups excluding carboxylic acids is 2. The minimum Gasteiger partial charge on any atom is -0.396 e. The van der Waals surface area contributed by atoms with E-state index < -0.39 is 17.8 Å². The van der Waals surface area contributed by atoms with Gasteiger partial charge in [-0.3, -0.25) is 9.59 Å². The summed E-state index contributed by atoms with van der Waals surface area (Å²) in [4.78, 5) is 37.3. The van der Waals surface area contributed by atoms with Crippen molar-refractivity contribution in [1.29, 1.82) is 0 Å². The molecule has 0 saturated carbocycles. The lowest BCUT2D eigenvalue weighted by Gasteiger charge is -2.32. The Morgan fingerprint density at radius 2 is 2.00 bits per heavy atom. The molecule has 32 heavy (non-hydrogen) atoms. The number of aliphatic hydroxyl groups is 1. The molecule has 2 fully saturated rings. The molecule has 0 bridgehead atoms. The number of likely N-dealkylation sites (tertiary alicyclic amines) is 1. The predicted molar refractivity (Wildman–Crippen MR) is 115 cm³/mol. The monoisotopic (exact) mass is 443 g/mol. The van der Waals surface area contributed by atoms with E-state index in [-0.39, 0.29) is 29.5 Å². The van der Waals surface area contributed by atoms with Gasteiger partial charge in [-0.1, -0.05) is 0 Å². The second-order valence-electron chi connectivity index (χ2n) is 7.95. The lowest BCUT2D eigenvalue weighted by molar-refractivity contribution is 0.0621. The van der Waals surface area contributed by atoms with E-state index in [1.54, 1.807) is 17.2 Å². The highest BCUT2D eigenvalue weighted by molar-refractivity contribution is 6.08. The van der Waals surface area contributed by atoms with Gasteiger partial charge in [0.25, 0.3) is 11.8 Å². The first-order chi connectivity index (χ1) is 15.5. The van der Waals surface area contributed by atoms with Gasteiger partial charge < -0.3 is 25.0 Å². The van der Waals surface area contributed by atoms with Gasteiger partial charge in [0, 0.05) is 38.9 Å². The molecule has 1 unspecified atom stereocenters. The number of nitrogens with one attached hydrogen (secondary N) is 1. The van der Waals surface area contributed by atoms with E-state index >= 15 is 0 Å². The third-order valence-electron chi connectivity index (χ3n) is 5.77. The summed E-state index contributed by atoms with van der Waals surface area (Å²) < 4.78 is 19.2. The van der Waals surface area contributed by atoms with Crippen LogP contribution in [-0.2, 0) is 4.74 Å². The van der Waals surface area contributed by atoms with Gasteiger partial charge >= 0.3 is 0 Å². The summed E-state index contributed by atoms with van der Waals surface area (Å²) in [5.74, 6) is -1.75. The Morgan fingerprint density at radius 3 is 2.72 bits per heavy atom. The summed E-state index contributed by atoms with van der Waals surface area (Å²) in [6.07, 6.45) is 4.35. The standard InChI is InChI=1S/C22H26FN5O4/c23-20-10-17(22(31)28-5-1-2-15(13-28)14-29)19(12-25-20)26-21(30)18-4-3-16(11-24-18)27-6-8-32-9-7-27/h3-4,10-12,15,29H,1-2,5-9,13-14H2,(H,26,30). The minimum atomic E-state index is -0.810. The van der Waals surface area contributed by atoms with Crippen molar-refractivity contribution < 1.29 is 23.8 Å². The molecular formula is C22H26FN5O4. The van der Waals surface area contributed by atoms with Gasteiger partial charge in [-0.25, -0.2) is 9.97 Å². The first-order valence-electron chi connectivity index (χ1n) is 10.7. The average Bonchev–Trinajstić information content (AvgIpc) is 2.85. The van der Waals surface area contributed by atoms with Crippen LogP contribution in [0.1, 0.15) is 33.7 Å². The van der Waals surface area contributed by atoms with E-state index in [4.69, 9.17) is 4.74 Å². The third-order valence-corrected chi connectivity index (χ3v) is 5.77. The van der Waals surface area contributed by atoms with Crippen molar-refractivity contribution in [2.45, 2.75) is 12.8 Å². The zero-order valence-corrected chi connectivity index (χ0v) is 17.7. The number of anilines is 2. The zero-order valence-electron chi connectivity index (χ0n) is 17.7. The highest BCUT2D eigenvalue weighted by atomic mass is 19.1. The zero-order chi connectivity index (χ0) is 22.5. The number of pyridine rings is 2. The van der Waals surface area contributed by atoms with Gasteiger partial charge in [0.15, 0.2) is 0 Å². The Morgan fingerprint density at radius 1 is 1.19 bits per heavy atom. The summed E-state index contributed by atoms with van der Waals surface area (Å²) in [7, 11) is 0. The van der Waals surface area contributed by atoms with Crippen LogP contribution in [0.3, 0.4) is 0 Å². The predicted octanol–water partition coefficient (Wildman–Crippen LogP) is 1.55. The van der Waals surface area contributed by atoms with Crippen LogP contribution < -0.4 is 10.2 Å². The molecule has 1 atom stereocenters. The van der Waals surface area contributed by atoms with Gasteiger partial charge in [-0.15, -0.1) is 0 Å². The number of morpholine rings is 1. The molecule has 2 aromatic rings. The maximum atomic E-state index is 13.8. The Bertz CT molecular complexity index is 965. The highest BCUT2D eigenvalue weighted by Gasteiger charge is 2.27. The lowest BCUT2D eigenvalue weighted by atomic mass is 9.98. The number of aliphatic hydroxyl groups excluding tert-OH is 1. The minimum absolute atomic E-state index is 0.00777. The summed E-state index contributed by atoms with van der Waals surface area (Å²) in [6, 6.07) is 4.44. The van der Waals surface area contributed by atoms with E-state index in [9.17, 15) is 19.1 Å². The normalized spacial score (nSPS) is 19.0. The number of hydrogen-bond donors (Lipinski definition) is 2. The number of halogens is 1. The van der Waals surface area contributed by atoms with Crippen LogP contribution >= 0.6 is 0 Å². The Labute approximate surface area is 185 Å². The molecule has 0 radical (unpaired) electrons. The van der Waals surface area contributed by atoms with Crippen molar-refractivity contribution in [3.05, 3.63) is 47.8 Å². The molecule has 0 spiro atoms. The Kier molecular flexibility index (Phi) is 6.91. The molecule has 10 heteroatoms. The highest BCUT2D eigenvalue weighted by Crippen LogP contribution is 2.23. The van der Waals surface area contributed by atoms with Gasteiger partial charge in [-0.2, -0.15) is 4.39 Å². The lowest BCUT2D eigenvalue weighted by Crippen LogP contribution is -2.41. The average molecular weight is 443 g/mol. The van der Waals surface area contributed by atoms with E-state index in [1.807, 2.05) is 6.07 Å². The fourth-order valence-electron chi connectivity index (χ4n) is 3.99. The third kappa shape index (κ3) is 5.03. The molecular weight excluding hydrogens is 417 g/mol. The summed E-state index contributed by atoms with van der Waals surface area (Å²) in [5.41, 5.74) is 1.21. The quantitative estimate of drug-likeness (QED) is 0.675. The fourth-order valence-corrected chi connectivity index (χ4v) is 3.99. The Hall–Kier alpha value is -3.11. The Balaban J connectivity index is 1.49. The molecule has 0 aromatic carbocycles. The molecule has 2 aliphatic rings. The van der Waals surface area contributed by atoms with Crippen molar-refractivity contribution in [1.82, 2.24) is 14.9 Å². The molecule has 4 rings (SSSR count). The van der Waals surface area contributed by atoms with E-state index in [2.05, 4.69) is 20.2 Å². The summed E-state index contributed by atoms with van der Waals surface area (Å²) >= 11 is 0. The molecule has 2 aromatic heterocycles. The molecule has 9 nitrogen and oxygen atoms in total. The topological polar surface area (TPSA) is 108 Å². The molecule has 0 aliphatic carbocycles. The van der Waals surface area contributed by atoms with Crippen LogP contribution in [0.4, 0.5) is 15.8 Å². The number of hydrogen-bond acceptors (Lipinski definition) is 7. The van der Waals surface area contributed by atoms with Gasteiger partial charge in [0.2, 0.25) is 5.95 Å². The van der Waals surface area contributed by atoms with Crippen LogP contribution in [-0.4, -0.2) is 77.8 Å². The SMILES string of the molecule is O=C(Nc1cnc(F)cc1C(=O)N1CCCC(CO)C1)c1ccc(N2CCOCC2)cn1. The number of aromatic nitrogens is 2. The number of amides is 2. The van der Waals surface area contributed by atoms with Crippen molar-refractivity contribution in [2.75, 3.05) is 56.2 Å². The number of rotatable bonds is 5. The molecule has 170 valence electrons. The van der Waals surface area contributed by atoms with Crippen LogP contribution in [0.5, 0.6) is 0 Å². The number of nitrogens with zero attached hydrogens (tertiary/aromatic N) is 4. The first-order valence-corrected chi connectivity index (χ1v) is 10.7. The molecule has 2 aliphatic heterocycles. The van der Waals surface area contributed by atoms with E-state index in [0.29, 0.717) is 26.3 Å². The smallest absolute Gasteiger partial charge is 0.274 e. The summed E-state index contributed by atoms with van der Waals surface area (Å²) in [6.45, 7) is 3.69. The van der Waals surface area contributed by atoms with Crippen molar-refractivity contribution in [2.24, 2.45) is 5.92 Å². The van der Waals surface area contributed by atoms with Gasteiger partial charge in [0.05, 0.1) is 42.5 Å². The number of ether oxygens (including phenoxy) is 1. The van der Waals surface area contributed by atoms with Crippen LogP contribution in [0.2, 0.25) is 0 Å². The van der Waals surface area contributed by atoms with Gasteiger partial charge in [0.1, 0.15) is 5.69 Å². The van der Waals surface area contributed by atoms with Crippen molar-refractivity contribution in [3.63, 3.8) is 0 Å². The van der Waals surface area contributed by atoms with Gasteiger partial charge in [-0.05, 0) is 30.9 Å². The second-order valence-corrected chi connectivity index (χ2v) is 7.95. The summed E-state index contributed by atoms with van der Waals surface area (Å²) in [5, 5.41) is 12.1. The van der Waals surface area contributed by atoms with E-state index in [0.717, 1.165) is 43.9 Å². The number of carbonyl (C=O) groups is 2.